The number of aromatic amines is 3. The van der Waals surface area contributed by atoms with Crippen LogP contribution in [0.2, 0.25) is 0 Å². The first-order valence-electron chi connectivity index (χ1n) is 24.8. The summed E-state index contributed by atoms with van der Waals surface area (Å²) in [5.74, 6) is -83.7. The standard InChI is InChI=1S/C13H15F4N3O6.C12H12F5N3O6.C9HF17O2.C9H13N3O5/c1-12(14,15)13(16,17)10(24)19-7-8(23)5(4-21)26-9(7)20-3-2-6(22)18-11(20)25;13-11(14,12(15,16)17)9(24)19-6-7(23)4(3-21)26-8(6)20-2-1-5(22)18-10(20)25;10-2(11,1(27)28)3(12,13)4(14,15)5(16,17)6(18,19)7(20,21)8(22,23)9(24,25)26;10-6-7(15)4(3-13)17-8(6)12-2-1-5(14)11-9(12)16/h2-3,5,7-9,21,23H,4H2,1H3,(H,19,24)(H,18,22,25);1-2,4,6-8,21,23H,3H2,(H,19,24)(H,18,22,25);(H,27,28);1-2,4,6-8,13,15H,3,10H2,(H,11,14,16)/t5-,7?,8+,9-;4-,6?,7+,8-;;4-,6?,7+,8-/m11.1/s1. The Hall–Kier alpha value is -7.77. The number of hydrogen-bond acceptors (Lipinski definition) is 19. The number of carbonyl (C=O) groups is 3. The molecule has 0 saturated carbocycles. The van der Waals surface area contributed by atoms with E-state index in [0.29, 0.717) is 9.13 Å². The van der Waals surface area contributed by atoms with Crippen LogP contribution in [0, 0.1) is 0 Å². The lowest BCUT2D eigenvalue weighted by molar-refractivity contribution is -0.459. The second-order valence-electron chi connectivity index (χ2n) is 19.7. The number of rotatable bonds is 18. The summed E-state index contributed by atoms with van der Waals surface area (Å²) in [5, 5.41) is 67.2. The van der Waals surface area contributed by atoms with Crippen LogP contribution in [0.15, 0.2) is 65.6 Å². The van der Waals surface area contributed by atoms with E-state index in [1.165, 1.54) is 16.8 Å². The highest BCUT2D eigenvalue weighted by molar-refractivity contribution is 5.85. The van der Waals surface area contributed by atoms with Gasteiger partial charge in [-0.2, -0.15) is 114 Å². The third kappa shape index (κ3) is 15.7. The molecule has 2 amide bonds. The molecular weight excluding hydrogens is 1440 g/mol. The Morgan fingerprint density at radius 2 is 0.722 bits per heavy atom. The van der Waals surface area contributed by atoms with Crippen molar-refractivity contribution in [1.29, 1.82) is 0 Å². The van der Waals surface area contributed by atoms with E-state index in [4.69, 9.17) is 40.4 Å². The SMILES string of the molecule is CC(F)(F)C(F)(F)C(=O)NC1[C@@H](O)[C@@H](CO)O[C@H]1n1ccc(=O)[nH]c1=O.NC1[C@@H](O)[C@@H](CO)O[C@H]1n1ccc(=O)[nH]c1=O.O=C(NC1[C@@H](O)[C@@H](CO)O[C@H]1n1ccc(=O)[nH]c1=O)C(F)(F)C(F)(F)F.O=C(O)C(F)(F)C(F)(F)C(F)(F)C(F)(F)C(F)(F)C(F)(F)C(F)(F)C(F)(F)F. The molecule has 28 nitrogen and oxygen atoms in total. The van der Waals surface area contributed by atoms with Crippen LogP contribution in [0.25, 0.3) is 0 Å². The maximum Gasteiger partial charge on any atom is 0.463 e. The van der Waals surface area contributed by atoms with Crippen molar-refractivity contribution in [1.82, 2.24) is 39.3 Å². The number of alkyl halides is 26. The van der Waals surface area contributed by atoms with E-state index in [2.05, 4.69) is 4.98 Å². The Kier molecular flexibility index (Phi) is 24.6. The molecule has 3 aromatic heterocycles. The molecule has 0 aliphatic carbocycles. The minimum Gasteiger partial charge on any atom is -0.477 e. The van der Waals surface area contributed by atoms with Gasteiger partial charge >= 0.3 is 101 Å². The first-order valence-corrected chi connectivity index (χ1v) is 24.8. The highest BCUT2D eigenvalue weighted by Gasteiger charge is 2.96. The van der Waals surface area contributed by atoms with E-state index < -0.39 is 216 Å². The molecule has 97 heavy (non-hydrogen) atoms. The zero-order valence-corrected chi connectivity index (χ0v) is 46.3. The summed E-state index contributed by atoms with van der Waals surface area (Å²) in [6.45, 7) is -2.27. The van der Waals surface area contributed by atoms with Crippen LogP contribution >= 0.6 is 0 Å². The van der Waals surface area contributed by atoms with Gasteiger partial charge in [0.05, 0.1) is 25.9 Å². The number of ether oxygens (including phenoxy) is 3. The first kappa shape index (κ1) is 83.5. The second-order valence-corrected chi connectivity index (χ2v) is 19.7. The Morgan fingerprint density at radius 3 is 0.990 bits per heavy atom. The zero-order valence-electron chi connectivity index (χ0n) is 46.3. The number of aliphatic carboxylic acids is 1. The number of carboxylic acid groups (broad SMARTS) is 1. The Labute approximate surface area is 512 Å². The molecule has 554 valence electrons. The van der Waals surface area contributed by atoms with Crippen molar-refractivity contribution >= 4 is 17.8 Å². The van der Waals surface area contributed by atoms with Crippen molar-refractivity contribution in [2.75, 3.05) is 19.8 Å². The summed E-state index contributed by atoms with van der Waals surface area (Å²) in [6, 6.07) is -1.75. The lowest BCUT2D eigenvalue weighted by Gasteiger charge is -2.42. The third-order valence-electron chi connectivity index (χ3n) is 13.1. The van der Waals surface area contributed by atoms with Gasteiger partial charge in [-0.05, 0) is 0 Å². The largest absolute Gasteiger partial charge is 0.477 e. The summed E-state index contributed by atoms with van der Waals surface area (Å²) in [6.07, 6.45) is -23.9. The van der Waals surface area contributed by atoms with Crippen LogP contribution in [0.5, 0.6) is 0 Å². The summed E-state index contributed by atoms with van der Waals surface area (Å²) >= 11 is 0. The van der Waals surface area contributed by atoms with E-state index in [0.717, 1.165) is 35.2 Å². The Morgan fingerprint density at radius 1 is 0.443 bits per heavy atom. The quantitative estimate of drug-likeness (QED) is 0.0695. The summed E-state index contributed by atoms with van der Waals surface area (Å²) < 4.78 is 348. The van der Waals surface area contributed by atoms with E-state index in [1.807, 2.05) is 4.98 Å². The number of nitrogens with one attached hydrogen (secondary N) is 5. The average molecular weight is 1480 g/mol. The zero-order chi connectivity index (χ0) is 75.9. The number of nitrogens with zero attached hydrogens (tertiary/aromatic N) is 3. The van der Waals surface area contributed by atoms with E-state index >= 15 is 0 Å². The molecule has 3 aliphatic heterocycles. The van der Waals surface area contributed by atoms with Crippen molar-refractivity contribution in [3.63, 3.8) is 0 Å². The van der Waals surface area contributed by atoms with Gasteiger partial charge in [-0.15, -0.1) is 0 Å². The summed E-state index contributed by atoms with van der Waals surface area (Å²) in [5.41, 5.74) is 0.639. The van der Waals surface area contributed by atoms with E-state index in [-0.39, 0.29) is 6.92 Å². The molecule has 0 radical (unpaired) electrons. The topological polar surface area (TPSA) is 435 Å². The van der Waals surface area contributed by atoms with Gasteiger partial charge in [-0.3, -0.25) is 52.6 Å². The van der Waals surface area contributed by atoms with Crippen LogP contribution in [0.1, 0.15) is 25.6 Å². The van der Waals surface area contributed by atoms with E-state index in [1.54, 1.807) is 4.98 Å². The van der Waals surface area contributed by atoms with Gasteiger partial charge in [-0.1, -0.05) is 0 Å². The fourth-order valence-corrected chi connectivity index (χ4v) is 7.74. The number of halogens is 26. The molecule has 12 atom stereocenters. The number of aliphatic hydroxyl groups excluding tert-OH is 6. The van der Waals surface area contributed by atoms with Crippen LogP contribution in [0.4, 0.5) is 114 Å². The molecule has 6 heterocycles. The van der Waals surface area contributed by atoms with Gasteiger partial charge in [0.2, 0.25) is 0 Å². The van der Waals surface area contributed by atoms with Gasteiger partial charge in [0, 0.05) is 43.7 Å². The second kappa shape index (κ2) is 28.6. The van der Waals surface area contributed by atoms with Crippen molar-refractivity contribution in [3.8, 4) is 0 Å². The predicted molar refractivity (Wildman–Crippen MR) is 252 cm³/mol. The van der Waals surface area contributed by atoms with Crippen LogP contribution in [0.3, 0.4) is 0 Å². The number of hydrogen-bond donors (Lipinski definition) is 13. The normalized spacial score (nSPS) is 24.8. The number of aliphatic hydroxyl groups is 6. The van der Waals surface area contributed by atoms with Crippen LogP contribution < -0.4 is 50.1 Å². The number of carbonyl (C=O) groups excluding carboxylic acids is 2. The highest BCUT2D eigenvalue weighted by Crippen LogP contribution is 2.64. The number of H-pyrrole nitrogens is 3. The summed E-state index contributed by atoms with van der Waals surface area (Å²) in [4.78, 5) is 107. The summed E-state index contributed by atoms with van der Waals surface area (Å²) in [7, 11) is 0. The minimum absolute atomic E-state index is 0.158. The molecular formula is C43H41F26N9O19. The van der Waals surface area contributed by atoms with Gasteiger partial charge < -0.3 is 66.3 Å². The fraction of sp³-hybridized carbons (Fsp3) is 0.651. The molecule has 3 aliphatic rings. The molecule has 3 unspecified atom stereocenters. The average Bonchev–Trinajstić information content (AvgIpc) is 1.67. The molecule has 6 rings (SSSR count). The Balaban J connectivity index is 0.000000341. The third-order valence-corrected chi connectivity index (χ3v) is 13.1. The molecule has 0 aromatic carbocycles. The minimum atomic E-state index is -8.76. The molecule has 3 saturated heterocycles. The van der Waals surface area contributed by atoms with Gasteiger partial charge in [0.15, 0.2) is 18.7 Å². The van der Waals surface area contributed by atoms with Gasteiger partial charge in [0.1, 0.15) is 48.7 Å². The van der Waals surface area contributed by atoms with Crippen molar-refractivity contribution in [3.05, 3.63) is 99.3 Å². The molecule has 3 aromatic rings. The number of amides is 2. The molecule has 14 N–H and O–H groups in total. The smallest absolute Gasteiger partial charge is 0.463 e. The highest BCUT2D eigenvalue weighted by atomic mass is 19.4. The van der Waals surface area contributed by atoms with Crippen molar-refractivity contribution < 1.29 is 178 Å². The maximum absolute atomic E-state index is 13.5. The lowest BCUT2D eigenvalue weighted by atomic mass is 9.89. The van der Waals surface area contributed by atoms with E-state index in [9.17, 15) is 173 Å². The van der Waals surface area contributed by atoms with Crippen molar-refractivity contribution in [2.24, 2.45) is 5.73 Å². The molecule has 54 heteroatoms. The number of nitrogens with two attached hydrogens (primary N) is 1. The Bertz CT molecular complexity index is 3520. The lowest BCUT2D eigenvalue weighted by Crippen LogP contribution is -2.75. The monoisotopic (exact) mass is 1480 g/mol. The molecule has 3 fully saturated rings. The molecule has 0 spiro atoms. The predicted octanol–water partition coefficient (Wildman–Crippen LogP) is -0.773. The maximum atomic E-state index is 13.5. The first-order chi connectivity index (χ1) is 43.5. The van der Waals surface area contributed by atoms with Crippen molar-refractivity contribution in [2.45, 2.75) is 152 Å². The van der Waals surface area contributed by atoms with Crippen LogP contribution in [-0.4, -0.2) is 228 Å². The van der Waals surface area contributed by atoms with Gasteiger partial charge in [-0.25, -0.2) is 19.2 Å². The fourth-order valence-electron chi connectivity index (χ4n) is 7.74. The van der Waals surface area contributed by atoms with Crippen LogP contribution in [-0.2, 0) is 28.6 Å². The molecule has 0 bridgehead atoms. The number of aromatic nitrogens is 6. The van der Waals surface area contributed by atoms with Gasteiger partial charge in [0.25, 0.3) is 22.6 Å². The number of carboxylic acids is 1.